The number of piperidine rings is 1. The minimum Gasteiger partial charge on any atom is -0.379 e. The fraction of sp³-hybridized carbons (Fsp3) is 0.440. The lowest BCUT2D eigenvalue weighted by molar-refractivity contribution is 0.0115. The summed E-state index contributed by atoms with van der Waals surface area (Å²) in [5.74, 6) is 0. The number of H-pyrrole nitrogens is 1. The Hall–Kier alpha value is -2.70. The van der Waals surface area contributed by atoms with Gasteiger partial charge in [-0.05, 0) is 50.5 Å². The number of aryl methyl sites for hydroxylation is 2. The van der Waals surface area contributed by atoms with Crippen molar-refractivity contribution in [3.8, 4) is 0 Å². The number of nitrogens with one attached hydrogen (secondary N) is 1. The van der Waals surface area contributed by atoms with Gasteiger partial charge in [-0.3, -0.25) is 9.88 Å². The van der Waals surface area contributed by atoms with Gasteiger partial charge in [-0.25, -0.2) is 4.98 Å². The molecule has 5 heterocycles. The van der Waals surface area contributed by atoms with Gasteiger partial charge in [-0.1, -0.05) is 11.6 Å². The van der Waals surface area contributed by atoms with Crippen LogP contribution in [0.3, 0.4) is 0 Å². The van der Waals surface area contributed by atoms with Crippen molar-refractivity contribution in [1.29, 1.82) is 0 Å². The summed E-state index contributed by atoms with van der Waals surface area (Å²) in [6.45, 7) is 10.3. The molecule has 2 aliphatic rings. The normalized spacial score (nSPS) is 19.1. The number of hydrogen-bond acceptors (Lipinski definition) is 5. The molecule has 0 bridgehead atoms. The minimum absolute atomic E-state index is 0.684. The number of morpholine rings is 1. The Morgan fingerprint density at radius 1 is 1.03 bits per heavy atom. The van der Waals surface area contributed by atoms with Gasteiger partial charge in [0, 0.05) is 48.5 Å². The summed E-state index contributed by atoms with van der Waals surface area (Å²) in [5.41, 5.74) is 7.72. The topological polar surface area (TPSA) is 57.3 Å². The predicted octanol–water partition coefficient (Wildman–Crippen LogP) is 4.18. The van der Waals surface area contributed by atoms with Crippen LogP contribution in [0.15, 0.2) is 30.5 Å². The molecule has 0 amide bonds. The SMILES string of the molecule is Cc1ccc2[nH]c3nc4cc(N5CCC(N6CCOCC6)CC5)cnc4c(C)c3c2c1. The zero-order valence-electron chi connectivity index (χ0n) is 18.3. The first-order chi connectivity index (χ1) is 15.2. The number of nitrogens with zero attached hydrogens (tertiary/aromatic N) is 4. The summed E-state index contributed by atoms with van der Waals surface area (Å²) in [6.07, 6.45) is 4.44. The third kappa shape index (κ3) is 3.25. The molecule has 6 heteroatoms. The van der Waals surface area contributed by atoms with Gasteiger partial charge in [-0.15, -0.1) is 0 Å². The molecule has 2 saturated heterocycles. The Morgan fingerprint density at radius 2 is 1.84 bits per heavy atom. The summed E-state index contributed by atoms with van der Waals surface area (Å²) in [7, 11) is 0. The fourth-order valence-corrected chi connectivity index (χ4v) is 5.42. The molecule has 0 saturated carbocycles. The number of aromatic amines is 1. The van der Waals surface area contributed by atoms with Gasteiger partial charge in [0.15, 0.2) is 0 Å². The Morgan fingerprint density at radius 3 is 2.65 bits per heavy atom. The van der Waals surface area contributed by atoms with E-state index in [1.165, 1.54) is 40.4 Å². The van der Waals surface area contributed by atoms with Crippen LogP contribution in [0.1, 0.15) is 24.0 Å². The predicted molar refractivity (Wildman–Crippen MR) is 126 cm³/mol. The van der Waals surface area contributed by atoms with Crippen molar-refractivity contribution in [1.82, 2.24) is 19.9 Å². The molecule has 6 nitrogen and oxygen atoms in total. The monoisotopic (exact) mass is 415 g/mol. The van der Waals surface area contributed by atoms with E-state index in [1.807, 2.05) is 6.20 Å². The standard InChI is InChI=1S/C25H29N5O/c1-16-3-4-21-20(13-16)23-17(2)24-22(28-25(23)27-21)14-19(15-26-24)29-7-5-18(6-8-29)30-9-11-31-12-10-30/h3-4,13-15,18H,5-12H2,1-2H3,(H,27,28). The third-order valence-corrected chi connectivity index (χ3v) is 7.14. The maximum absolute atomic E-state index is 5.52. The van der Waals surface area contributed by atoms with Crippen LogP contribution in [0.25, 0.3) is 33.0 Å². The minimum atomic E-state index is 0.684. The lowest BCUT2D eigenvalue weighted by Gasteiger charge is -2.40. The van der Waals surface area contributed by atoms with Gasteiger partial charge in [-0.2, -0.15) is 0 Å². The van der Waals surface area contributed by atoms with Gasteiger partial charge in [0.2, 0.25) is 0 Å². The molecular weight excluding hydrogens is 386 g/mol. The van der Waals surface area contributed by atoms with E-state index in [-0.39, 0.29) is 0 Å². The molecule has 2 aliphatic heterocycles. The Kier molecular flexibility index (Phi) is 4.58. The molecule has 0 radical (unpaired) electrons. The average molecular weight is 416 g/mol. The molecule has 3 aromatic heterocycles. The molecule has 0 spiro atoms. The number of pyridine rings is 2. The molecule has 0 unspecified atom stereocenters. The smallest absolute Gasteiger partial charge is 0.139 e. The van der Waals surface area contributed by atoms with Crippen molar-refractivity contribution in [2.45, 2.75) is 32.7 Å². The van der Waals surface area contributed by atoms with E-state index in [0.717, 1.165) is 61.6 Å². The number of anilines is 1. The van der Waals surface area contributed by atoms with E-state index >= 15 is 0 Å². The van der Waals surface area contributed by atoms with E-state index in [9.17, 15) is 0 Å². The highest BCUT2D eigenvalue weighted by atomic mass is 16.5. The molecule has 160 valence electrons. The molecule has 2 fully saturated rings. The van der Waals surface area contributed by atoms with Crippen LogP contribution in [-0.4, -0.2) is 65.3 Å². The van der Waals surface area contributed by atoms with Gasteiger partial charge in [0.05, 0.1) is 36.1 Å². The number of hydrogen-bond donors (Lipinski definition) is 1. The van der Waals surface area contributed by atoms with Crippen molar-refractivity contribution < 1.29 is 4.74 Å². The van der Waals surface area contributed by atoms with E-state index in [4.69, 9.17) is 14.7 Å². The second kappa shape index (κ2) is 7.46. The summed E-state index contributed by atoms with van der Waals surface area (Å²) < 4.78 is 5.52. The zero-order valence-corrected chi connectivity index (χ0v) is 18.3. The number of rotatable bonds is 2. The van der Waals surface area contributed by atoms with Gasteiger partial charge >= 0.3 is 0 Å². The van der Waals surface area contributed by atoms with E-state index in [0.29, 0.717) is 6.04 Å². The molecular formula is C25H29N5O. The number of benzene rings is 1. The van der Waals surface area contributed by atoms with Crippen molar-refractivity contribution in [2.75, 3.05) is 44.3 Å². The van der Waals surface area contributed by atoms with Crippen molar-refractivity contribution in [3.05, 3.63) is 41.6 Å². The van der Waals surface area contributed by atoms with Crippen molar-refractivity contribution >= 4 is 38.7 Å². The molecule has 31 heavy (non-hydrogen) atoms. The average Bonchev–Trinajstić information content (AvgIpc) is 3.17. The molecule has 4 aromatic rings. The Labute approximate surface area is 182 Å². The Balaban J connectivity index is 1.31. The quantitative estimate of drug-likeness (QED) is 0.532. The van der Waals surface area contributed by atoms with Gasteiger partial charge in [0.25, 0.3) is 0 Å². The summed E-state index contributed by atoms with van der Waals surface area (Å²) in [6, 6.07) is 9.43. The van der Waals surface area contributed by atoms with E-state index in [2.05, 4.69) is 52.9 Å². The highest BCUT2D eigenvalue weighted by Crippen LogP contribution is 2.33. The fourth-order valence-electron chi connectivity index (χ4n) is 5.42. The second-order valence-corrected chi connectivity index (χ2v) is 9.06. The number of fused-ring (bicyclic) bond motifs is 4. The maximum atomic E-state index is 5.52. The Bertz CT molecular complexity index is 1270. The zero-order chi connectivity index (χ0) is 20.9. The first kappa shape index (κ1) is 19.0. The summed E-state index contributed by atoms with van der Waals surface area (Å²) in [5, 5.41) is 2.43. The molecule has 0 atom stereocenters. The highest BCUT2D eigenvalue weighted by Gasteiger charge is 2.26. The van der Waals surface area contributed by atoms with Crippen LogP contribution in [0.2, 0.25) is 0 Å². The first-order valence-electron chi connectivity index (χ1n) is 11.4. The molecule has 1 N–H and O–H groups in total. The number of ether oxygens (including phenoxy) is 1. The maximum Gasteiger partial charge on any atom is 0.139 e. The van der Waals surface area contributed by atoms with E-state index in [1.54, 1.807) is 0 Å². The second-order valence-electron chi connectivity index (χ2n) is 9.06. The van der Waals surface area contributed by atoms with Gasteiger partial charge in [0.1, 0.15) is 5.65 Å². The largest absolute Gasteiger partial charge is 0.379 e. The van der Waals surface area contributed by atoms with Crippen LogP contribution in [0.5, 0.6) is 0 Å². The molecule has 6 rings (SSSR count). The van der Waals surface area contributed by atoms with Crippen LogP contribution in [0, 0.1) is 13.8 Å². The van der Waals surface area contributed by atoms with E-state index < -0.39 is 0 Å². The number of aromatic nitrogens is 3. The first-order valence-corrected chi connectivity index (χ1v) is 11.4. The van der Waals surface area contributed by atoms with Crippen molar-refractivity contribution in [3.63, 3.8) is 0 Å². The highest BCUT2D eigenvalue weighted by molar-refractivity contribution is 6.11. The van der Waals surface area contributed by atoms with Crippen LogP contribution >= 0.6 is 0 Å². The van der Waals surface area contributed by atoms with Crippen LogP contribution in [0.4, 0.5) is 5.69 Å². The van der Waals surface area contributed by atoms with Crippen LogP contribution in [-0.2, 0) is 4.74 Å². The lowest BCUT2D eigenvalue weighted by Crippen LogP contribution is -2.49. The summed E-state index contributed by atoms with van der Waals surface area (Å²) >= 11 is 0. The van der Waals surface area contributed by atoms with Crippen LogP contribution < -0.4 is 4.90 Å². The van der Waals surface area contributed by atoms with Gasteiger partial charge < -0.3 is 14.6 Å². The molecule has 0 aliphatic carbocycles. The molecule has 1 aromatic carbocycles. The summed E-state index contributed by atoms with van der Waals surface area (Å²) in [4.78, 5) is 18.5. The van der Waals surface area contributed by atoms with Crippen molar-refractivity contribution in [2.24, 2.45) is 0 Å². The third-order valence-electron chi connectivity index (χ3n) is 7.14. The lowest BCUT2D eigenvalue weighted by atomic mass is 10.0.